The van der Waals surface area contributed by atoms with Gasteiger partial charge < -0.3 is 5.32 Å². The fourth-order valence-electron chi connectivity index (χ4n) is 2.14. The number of hydrogen-bond donors (Lipinski definition) is 2. The largest absolute Gasteiger partial charge is 0.324 e. The number of carbonyl (C=O) groups excluding carboxylic acids is 2. The molecule has 2 N–H and O–H groups in total. The van der Waals surface area contributed by atoms with Gasteiger partial charge in [-0.25, -0.2) is 4.79 Å². The number of amidine groups is 1. The summed E-state index contributed by atoms with van der Waals surface area (Å²) in [6.07, 6.45) is 0.0175. The van der Waals surface area contributed by atoms with Gasteiger partial charge in [-0.3, -0.25) is 10.1 Å². The molecular weight excluding hydrogens is 351 g/mol. The number of carbonyl (C=O) groups is 2. The summed E-state index contributed by atoms with van der Waals surface area (Å²) in [6.45, 7) is 0. The minimum Gasteiger partial charge on any atom is -0.308 e. The van der Waals surface area contributed by atoms with Gasteiger partial charge >= 0.3 is 6.03 Å². The molecule has 0 aromatic heterocycles. The zero-order valence-corrected chi connectivity index (χ0v) is 13.8. The van der Waals surface area contributed by atoms with Gasteiger partial charge in [-0.1, -0.05) is 41.4 Å². The van der Waals surface area contributed by atoms with Gasteiger partial charge in [0, 0.05) is 5.69 Å². The van der Waals surface area contributed by atoms with Crippen molar-refractivity contribution in [3.8, 4) is 0 Å². The summed E-state index contributed by atoms with van der Waals surface area (Å²) in [6, 6.07) is 13.2. The van der Waals surface area contributed by atoms with Crippen LogP contribution in [-0.4, -0.2) is 17.8 Å². The standard InChI is InChI=1S/C16H12Cl2N4O2/c17-12-7-6-10(8-13(12)18)19-16(24)20-14-9-15(23)22(21-14)11-4-2-1-3-5-11/h1-8H,9H2,(H2,19,20,21,24). The molecule has 0 atom stereocenters. The van der Waals surface area contributed by atoms with Crippen LogP contribution in [0, 0.1) is 0 Å². The minimum atomic E-state index is -0.519. The molecule has 1 aliphatic rings. The summed E-state index contributed by atoms with van der Waals surface area (Å²) < 4.78 is 0. The summed E-state index contributed by atoms with van der Waals surface area (Å²) in [5.41, 5.74) is 1.12. The zero-order valence-electron chi connectivity index (χ0n) is 12.3. The Balaban J connectivity index is 1.66. The van der Waals surface area contributed by atoms with Crippen molar-refractivity contribution in [3.05, 3.63) is 58.6 Å². The summed E-state index contributed by atoms with van der Waals surface area (Å²) >= 11 is 11.7. The molecule has 122 valence electrons. The lowest BCUT2D eigenvalue weighted by Gasteiger charge is -2.10. The fourth-order valence-corrected chi connectivity index (χ4v) is 2.44. The molecule has 2 aromatic rings. The van der Waals surface area contributed by atoms with Crippen molar-refractivity contribution in [3.63, 3.8) is 0 Å². The first-order chi connectivity index (χ1) is 11.5. The van der Waals surface area contributed by atoms with Crippen molar-refractivity contribution >= 4 is 52.4 Å². The summed E-state index contributed by atoms with van der Waals surface area (Å²) in [4.78, 5) is 24.0. The molecule has 8 heteroatoms. The summed E-state index contributed by atoms with van der Waals surface area (Å²) in [5, 5.41) is 11.3. The molecule has 0 radical (unpaired) electrons. The van der Waals surface area contributed by atoms with E-state index in [1.165, 1.54) is 11.1 Å². The molecule has 0 saturated heterocycles. The topological polar surface area (TPSA) is 73.8 Å². The van der Waals surface area contributed by atoms with Crippen molar-refractivity contribution in [2.24, 2.45) is 5.10 Å². The van der Waals surface area contributed by atoms with E-state index in [1.807, 2.05) is 6.07 Å². The maximum absolute atomic E-state index is 12.0. The first-order valence-corrected chi connectivity index (χ1v) is 7.77. The molecular formula is C16H12Cl2N4O2. The Labute approximate surface area is 148 Å². The van der Waals surface area contributed by atoms with Crippen molar-refractivity contribution in [1.82, 2.24) is 5.32 Å². The molecule has 0 bridgehead atoms. The van der Waals surface area contributed by atoms with Crippen LogP contribution < -0.4 is 15.6 Å². The molecule has 0 saturated carbocycles. The summed E-state index contributed by atoms with van der Waals surface area (Å²) in [7, 11) is 0. The Bertz CT molecular complexity index is 824. The highest BCUT2D eigenvalue weighted by atomic mass is 35.5. The smallest absolute Gasteiger partial charge is 0.308 e. The zero-order chi connectivity index (χ0) is 17.1. The molecule has 24 heavy (non-hydrogen) atoms. The molecule has 0 spiro atoms. The molecule has 1 aliphatic heterocycles. The fraction of sp³-hybridized carbons (Fsp3) is 0.0625. The van der Waals surface area contributed by atoms with E-state index >= 15 is 0 Å². The van der Waals surface area contributed by atoms with Gasteiger partial charge in [0.25, 0.3) is 5.91 Å². The second-order valence-corrected chi connectivity index (χ2v) is 5.79. The average Bonchev–Trinajstić information content (AvgIpc) is 2.92. The second-order valence-electron chi connectivity index (χ2n) is 4.97. The van der Waals surface area contributed by atoms with Gasteiger partial charge in [-0.15, -0.1) is 0 Å². The normalized spacial score (nSPS) is 13.7. The van der Waals surface area contributed by atoms with Crippen LogP contribution in [0.25, 0.3) is 0 Å². The van der Waals surface area contributed by atoms with Gasteiger partial charge in [-0.05, 0) is 30.3 Å². The number of rotatable bonds is 2. The number of nitrogens with one attached hydrogen (secondary N) is 2. The van der Waals surface area contributed by atoms with Gasteiger partial charge in [0.2, 0.25) is 0 Å². The molecule has 2 aromatic carbocycles. The number of para-hydroxylation sites is 1. The van der Waals surface area contributed by atoms with Crippen LogP contribution in [0.5, 0.6) is 0 Å². The van der Waals surface area contributed by atoms with Crippen LogP contribution >= 0.6 is 23.2 Å². The predicted molar refractivity (Wildman–Crippen MR) is 94.6 cm³/mol. The third-order valence-corrected chi connectivity index (χ3v) is 3.95. The van der Waals surface area contributed by atoms with E-state index in [-0.39, 0.29) is 18.2 Å². The molecule has 3 rings (SSSR count). The Morgan fingerprint density at radius 1 is 1.04 bits per heavy atom. The number of amides is 3. The maximum atomic E-state index is 12.0. The first kappa shape index (κ1) is 16.3. The van der Waals surface area contributed by atoms with E-state index < -0.39 is 6.03 Å². The van der Waals surface area contributed by atoms with Gasteiger partial charge in [-0.2, -0.15) is 10.1 Å². The van der Waals surface area contributed by atoms with Crippen molar-refractivity contribution in [2.45, 2.75) is 6.42 Å². The first-order valence-electron chi connectivity index (χ1n) is 7.01. The van der Waals surface area contributed by atoms with E-state index in [0.29, 0.717) is 21.4 Å². The molecule has 3 amide bonds. The van der Waals surface area contributed by atoms with E-state index in [2.05, 4.69) is 15.7 Å². The monoisotopic (exact) mass is 362 g/mol. The van der Waals surface area contributed by atoms with Crippen LogP contribution in [0.1, 0.15) is 6.42 Å². The quantitative estimate of drug-likeness (QED) is 0.850. The van der Waals surface area contributed by atoms with E-state index in [4.69, 9.17) is 23.2 Å². The van der Waals surface area contributed by atoms with E-state index in [0.717, 1.165) is 0 Å². The van der Waals surface area contributed by atoms with Crippen LogP contribution in [0.15, 0.2) is 53.6 Å². The third kappa shape index (κ3) is 3.67. The molecule has 0 aliphatic carbocycles. The van der Waals surface area contributed by atoms with Gasteiger partial charge in [0.1, 0.15) is 5.84 Å². The number of benzene rings is 2. The van der Waals surface area contributed by atoms with E-state index in [9.17, 15) is 9.59 Å². The SMILES string of the molecule is O=C(NC1=NN(c2ccccc2)C(=O)C1)Nc1ccc(Cl)c(Cl)c1. The molecule has 0 fully saturated rings. The highest BCUT2D eigenvalue weighted by Crippen LogP contribution is 2.25. The third-order valence-electron chi connectivity index (χ3n) is 3.21. The molecule has 0 unspecified atom stereocenters. The van der Waals surface area contributed by atoms with Crippen LogP contribution in [0.3, 0.4) is 0 Å². The van der Waals surface area contributed by atoms with Crippen molar-refractivity contribution < 1.29 is 9.59 Å². The Kier molecular flexibility index (Phi) is 4.69. The number of hydrogen-bond acceptors (Lipinski definition) is 3. The summed E-state index contributed by atoms with van der Waals surface area (Å²) in [5.74, 6) is 0.0486. The Morgan fingerprint density at radius 3 is 2.50 bits per heavy atom. The second kappa shape index (κ2) is 6.90. The van der Waals surface area contributed by atoms with Crippen LogP contribution in [-0.2, 0) is 4.79 Å². The van der Waals surface area contributed by atoms with Gasteiger partial charge in [0.15, 0.2) is 0 Å². The van der Waals surface area contributed by atoms with Crippen molar-refractivity contribution in [2.75, 3.05) is 10.3 Å². The van der Waals surface area contributed by atoms with Crippen molar-refractivity contribution in [1.29, 1.82) is 0 Å². The predicted octanol–water partition coefficient (Wildman–Crippen LogP) is 3.87. The minimum absolute atomic E-state index is 0.0175. The van der Waals surface area contributed by atoms with Crippen LogP contribution in [0.2, 0.25) is 10.0 Å². The maximum Gasteiger partial charge on any atom is 0.324 e. The number of urea groups is 1. The molecule has 1 heterocycles. The van der Waals surface area contributed by atoms with Crippen LogP contribution in [0.4, 0.5) is 16.2 Å². The van der Waals surface area contributed by atoms with Gasteiger partial charge in [0.05, 0.1) is 22.2 Å². The average molecular weight is 363 g/mol. The lowest BCUT2D eigenvalue weighted by Crippen LogP contribution is -2.33. The Hall–Kier alpha value is -2.57. The lowest BCUT2D eigenvalue weighted by molar-refractivity contribution is -0.116. The number of nitrogens with zero attached hydrogens (tertiary/aromatic N) is 2. The number of anilines is 2. The Morgan fingerprint density at radius 2 is 1.79 bits per heavy atom. The lowest BCUT2D eigenvalue weighted by atomic mass is 10.3. The number of hydrazone groups is 1. The van der Waals surface area contributed by atoms with E-state index in [1.54, 1.807) is 36.4 Å². The number of halogens is 2. The molecule has 6 nitrogen and oxygen atoms in total. The highest BCUT2D eigenvalue weighted by molar-refractivity contribution is 6.42. The highest BCUT2D eigenvalue weighted by Gasteiger charge is 2.26.